The second-order valence-corrected chi connectivity index (χ2v) is 37.7. The van der Waals surface area contributed by atoms with E-state index in [4.69, 9.17) is 56.5 Å². The third kappa shape index (κ3) is 16.9. The Bertz CT molecular complexity index is 3520. The van der Waals surface area contributed by atoms with Crippen molar-refractivity contribution in [3.63, 3.8) is 0 Å². The standard InChI is InChI=1S/C74H99NO18Si2/c1-44(61(78)58-57-59(66(50(7)65(58)88-43-82-15)87-42-53-30-24-21-25-31-53)69(84-17)56(47(4)64(57)83-16)71(80)85-38-39-94(18,19)20)40-45(2)62(90-51(8)76)48(5)67(91-52(9)77)60(70(79)75-36-37-86-72(75)81)68-49(6)63(92-74(13,14)93-68)46(3)41-89-95(73(10,11)12,54-32-26-22-27-33-54)55-34-28-23-29-35-55/h21-35,40,45-46,48-49,60,62-63,67-68H,36-39,41-43H2,1-20H3/b44-40+/t45-,46+,48+,49+,60-,62-,63+,67+,68+/m0/s1. The van der Waals surface area contributed by atoms with Gasteiger partial charge in [-0.05, 0) is 67.2 Å². The van der Waals surface area contributed by atoms with Gasteiger partial charge in [-0.2, -0.15) is 0 Å². The van der Waals surface area contributed by atoms with Crippen LogP contribution in [0.4, 0.5) is 4.79 Å². The van der Waals surface area contributed by atoms with Gasteiger partial charge in [0.15, 0.2) is 18.4 Å². The fourth-order valence-corrected chi connectivity index (χ4v) is 18.9. The molecule has 516 valence electrons. The van der Waals surface area contributed by atoms with Crippen molar-refractivity contribution in [3.05, 3.63) is 130 Å². The van der Waals surface area contributed by atoms with Gasteiger partial charge >= 0.3 is 24.0 Å². The molecule has 95 heavy (non-hydrogen) atoms. The first-order valence-electron chi connectivity index (χ1n) is 32.6. The molecule has 2 aliphatic rings. The summed E-state index contributed by atoms with van der Waals surface area (Å²) < 4.78 is 76.3. The summed E-state index contributed by atoms with van der Waals surface area (Å²) in [4.78, 5) is 88.0. The van der Waals surface area contributed by atoms with Crippen molar-refractivity contribution in [1.82, 2.24) is 4.90 Å². The molecule has 0 aromatic heterocycles. The van der Waals surface area contributed by atoms with Crippen LogP contribution in [0.15, 0.2) is 103 Å². The van der Waals surface area contributed by atoms with Crippen molar-refractivity contribution in [1.29, 1.82) is 0 Å². The second kappa shape index (κ2) is 31.6. The number of carbonyl (C=O) groups is 6. The van der Waals surface area contributed by atoms with Crippen molar-refractivity contribution in [2.75, 3.05) is 54.5 Å². The number of rotatable bonds is 29. The maximum Gasteiger partial charge on any atom is 0.416 e. The number of fused-ring (bicyclic) bond motifs is 1. The van der Waals surface area contributed by atoms with Crippen LogP contribution in [0.2, 0.25) is 30.7 Å². The number of esters is 3. The number of nitrogens with zero attached hydrogens (tertiary/aromatic N) is 1. The second-order valence-electron chi connectivity index (χ2n) is 27.8. The number of methoxy groups -OCH3 is 3. The summed E-state index contributed by atoms with van der Waals surface area (Å²) in [6.45, 7) is 31.5. The summed E-state index contributed by atoms with van der Waals surface area (Å²) >= 11 is 0. The average molecular weight is 1350 g/mol. The minimum absolute atomic E-state index is 0.00603. The van der Waals surface area contributed by atoms with Gasteiger partial charge in [-0.15, -0.1) is 0 Å². The quantitative estimate of drug-likeness (QED) is 0.0109. The lowest BCUT2D eigenvalue weighted by molar-refractivity contribution is -0.338. The van der Waals surface area contributed by atoms with Crippen LogP contribution >= 0.6 is 0 Å². The number of cyclic esters (lactones) is 1. The number of hydrogen-bond donors (Lipinski definition) is 0. The van der Waals surface area contributed by atoms with Gasteiger partial charge in [-0.1, -0.05) is 165 Å². The fraction of sp³-hybridized carbons (Fsp3) is 0.514. The minimum atomic E-state index is -3.07. The molecule has 2 fully saturated rings. The largest absolute Gasteiger partial charge is 0.496 e. The highest BCUT2D eigenvalue weighted by molar-refractivity contribution is 6.99. The van der Waals surface area contributed by atoms with Gasteiger partial charge in [-0.3, -0.25) is 19.2 Å². The van der Waals surface area contributed by atoms with Gasteiger partial charge in [-0.25, -0.2) is 14.5 Å². The summed E-state index contributed by atoms with van der Waals surface area (Å²) in [6.07, 6.45) is -3.72. The van der Waals surface area contributed by atoms with E-state index in [1.807, 2.05) is 80.6 Å². The van der Waals surface area contributed by atoms with Gasteiger partial charge < -0.3 is 56.5 Å². The molecule has 2 aliphatic heterocycles. The van der Waals surface area contributed by atoms with E-state index in [1.165, 1.54) is 35.2 Å². The normalized spacial score (nSPS) is 18.7. The summed E-state index contributed by atoms with van der Waals surface area (Å²) in [7, 11) is -0.414. The monoisotopic (exact) mass is 1350 g/mol. The van der Waals surface area contributed by atoms with E-state index < -0.39 is 106 Å². The maximum atomic E-state index is 16.0. The van der Waals surface area contributed by atoms with Crippen molar-refractivity contribution < 1.29 is 85.3 Å². The Labute approximate surface area is 562 Å². The Morgan fingerprint density at radius 3 is 1.79 bits per heavy atom. The topological polar surface area (TPSA) is 216 Å². The summed E-state index contributed by atoms with van der Waals surface area (Å²) in [5, 5.41) is 2.28. The van der Waals surface area contributed by atoms with E-state index in [0.717, 1.165) is 20.8 Å². The van der Waals surface area contributed by atoms with E-state index in [9.17, 15) is 19.2 Å². The van der Waals surface area contributed by atoms with E-state index in [1.54, 1.807) is 54.5 Å². The smallest absolute Gasteiger partial charge is 0.416 e. The Hall–Kier alpha value is -7.41. The van der Waals surface area contributed by atoms with Gasteiger partial charge in [0.1, 0.15) is 59.9 Å². The van der Waals surface area contributed by atoms with Crippen molar-refractivity contribution in [2.45, 2.75) is 164 Å². The molecule has 5 aromatic carbocycles. The molecule has 0 saturated carbocycles. The molecule has 2 amide bonds. The van der Waals surface area contributed by atoms with Crippen molar-refractivity contribution in [2.24, 2.45) is 29.6 Å². The molecule has 2 saturated heterocycles. The first-order chi connectivity index (χ1) is 44.7. The predicted molar refractivity (Wildman–Crippen MR) is 368 cm³/mol. The molecule has 19 nitrogen and oxygen atoms in total. The Morgan fingerprint density at radius 1 is 0.716 bits per heavy atom. The first-order valence-corrected chi connectivity index (χ1v) is 38.2. The summed E-state index contributed by atoms with van der Waals surface area (Å²) in [5.41, 5.74) is 1.72. The number of amides is 2. The predicted octanol–water partition coefficient (Wildman–Crippen LogP) is 12.8. The molecule has 5 aromatic rings. The number of ketones is 1. The lowest BCUT2D eigenvalue weighted by Crippen LogP contribution is -2.67. The molecule has 0 spiro atoms. The van der Waals surface area contributed by atoms with Gasteiger partial charge in [0.05, 0.1) is 50.5 Å². The molecule has 0 N–H and O–H groups in total. The van der Waals surface area contributed by atoms with Crippen LogP contribution in [-0.2, 0) is 58.6 Å². The van der Waals surface area contributed by atoms with Crippen LogP contribution < -0.4 is 29.3 Å². The Morgan fingerprint density at radius 2 is 1.27 bits per heavy atom. The highest BCUT2D eigenvalue weighted by atomic mass is 28.4. The van der Waals surface area contributed by atoms with Crippen LogP contribution in [0.5, 0.6) is 23.0 Å². The van der Waals surface area contributed by atoms with Gasteiger partial charge in [0, 0.05) is 75.8 Å². The molecular formula is C74H99NO18Si2. The molecule has 21 heteroatoms. The van der Waals surface area contributed by atoms with Crippen molar-refractivity contribution in [3.8, 4) is 23.0 Å². The number of carbonyl (C=O) groups excluding carboxylic acids is 6. The molecule has 0 aliphatic carbocycles. The van der Waals surface area contributed by atoms with E-state index in [2.05, 4.69) is 64.7 Å². The fourth-order valence-electron chi connectivity index (χ4n) is 13.5. The van der Waals surface area contributed by atoms with Crippen LogP contribution in [0.3, 0.4) is 0 Å². The minimum Gasteiger partial charge on any atom is -0.496 e. The Kier molecular flexibility index (Phi) is 25.0. The molecule has 9 atom stereocenters. The highest BCUT2D eigenvalue weighted by Gasteiger charge is 2.56. The van der Waals surface area contributed by atoms with Crippen LogP contribution in [-0.4, -0.2) is 142 Å². The maximum absolute atomic E-state index is 16.0. The molecule has 0 bridgehead atoms. The third-order valence-corrected chi connectivity index (χ3v) is 24.7. The van der Waals surface area contributed by atoms with Crippen LogP contribution in [0.25, 0.3) is 10.8 Å². The number of allylic oxidation sites excluding steroid dienone is 1. The third-order valence-electron chi connectivity index (χ3n) is 18.0. The van der Waals surface area contributed by atoms with Crippen LogP contribution in [0.1, 0.15) is 120 Å². The zero-order valence-electron chi connectivity index (χ0n) is 59.2. The average Bonchev–Trinajstić information content (AvgIpc) is 0.913. The number of ether oxygens (including phenoxy) is 11. The first kappa shape index (κ1) is 75.0. The molecule has 2 heterocycles. The Balaban J connectivity index is 1.36. The zero-order chi connectivity index (χ0) is 70.1. The SMILES string of the molecule is COCOc1c(C)c(OCc2ccccc2)c2c(OC)c(C(=O)OCC[Si](C)(C)C)c(C)c(OC)c2c1C(=O)/C(C)=C/[C@H](C)[C@H](OC(C)=O)[C@@H](C)[C@@H](OC(C)=O)[C@H](C(=O)N1CCOC1=O)[C@@H]1OC(C)(C)O[C@H]([C@H](C)CO[Si](c2ccccc2)(c2ccccc2)C(C)(C)C)[C@H]1C. The molecular weight excluding hydrogens is 1250 g/mol. The number of imide groups is 1. The van der Waals surface area contributed by atoms with Gasteiger partial charge in [0.2, 0.25) is 5.91 Å². The molecule has 7 rings (SSSR count). The lowest BCUT2D eigenvalue weighted by atomic mass is 9.74. The molecule has 0 unspecified atom stereocenters. The number of hydrogen-bond acceptors (Lipinski definition) is 18. The highest BCUT2D eigenvalue weighted by Crippen LogP contribution is 2.53. The van der Waals surface area contributed by atoms with Crippen molar-refractivity contribution >= 4 is 73.2 Å². The van der Waals surface area contributed by atoms with E-state index in [0.29, 0.717) is 17.2 Å². The zero-order valence-corrected chi connectivity index (χ0v) is 61.2. The van der Waals surface area contributed by atoms with Crippen LogP contribution in [0, 0.1) is 43.4 Å². The van der Waals surface area contributed by atoms with E-state index in [-0.39, 0.29) is 101 Å². The number of Topliss-reactive ketones (excluding diaryl/α,β-unsaturated/α-hetero) is 1. The van der Waals surface area contributed by atoms with E-state index >= 15 is 9.59 Å². The lowest BCUT2D eigenvalue weighted by Gasteiger charge is -2.51. The number of benzene rings is 5. The van der Waals surface area contributed by atoms with Gasteiger partial charge in [0.25, 0.3) is 8.32 Å². The summed E-state index contributed by atoms with van der Waals surface area (Å²) in [6, 6.07) is 30.8. The molecule has 0 radical (unpaired) electrons. The summed E-state index contributed by atoms with van der Waals surface area (Å²) in [5.74, 6) is -8.70.